The molecular weight excluding hydrogens is 612 g/mol. The van der Waals surface area contributed by atoms with Crippen LogP contribution in [0.4, 0.5) is 0 Å². The molecule has 0 saturated heterocycles. The van der Waals surface area contributed by atoms with Gasteiger partial charge in [-0.15, -0.1) is 0 Å². The molecule has 258 valence electrons. The topological polar surface area (TPSA) is 115 Å². The molecule has 0 amide bonds. The second kappa shape index (κ2) is 21.8. The quantitative estimate of drug-likeness (QED) is 0.119. The summed E-state index contributed by atoms with van der Waals surface area (Å²) >= 11 is 0. The van der Waals surface area contributed by atoms with Gasteiger partial charge in [-0.2, -0.15) is 0 Å². The number of hydrogen-bond donors (Lipinski definition) is 4. The van der Waals surface area contributed by atoms with Gasteiger partial charge in [-0.25, -0.2) is 9.59 Å². The molecule has 0 fully saturated rings. The summed E-state index contributed by atoms with van der Waals surface area (Å²) in [4.78, 5) is 20.4. The molecule has 2 unspecified atom stereocenters. The highest BCUT2D eigenvalue weighted by Gasteiger charge is 2.27. The van der Waals surface area contributed by atoms with Crippen LogP contribution in [0.2, 0.25) is 0 Å². The lowest BCUT2D eigenvalue weighted by molar-refractivity contribution is -0.0386. The van der Waals surface area contributed by atoms with Crippen molar-refractivity contribution in [2.24, 2.45) is 5.92 Å². The highest BCUT2D eigenvalue weighted by Crippen LogP contribution is 2.25. The van der Waals surface area contributed by atoms with E-state index in [9.17, 15) is 19.8 Å². The molecule has 0 spiro atoms. The molecule has 5 aromatic rings. The average molecular weight is 663 g/mol. The maximum absolute atomic E-state index is 10.2. The number of benzene rings is 5. The molecule has 2 atom stereocenters. The summed E-state index contributed by atoms with van der Waals surface area (Å²) in [5, 5.41) is 35.5. The van der Waals surface area contributed by atoms with Crippen LogP contribution in [0, 0.1) is 5.92 Å². The Balaban J connectivity index is 0.000000250. The normalized spacial score (nSPS) is 11.7. The lowest BCUT2D eigenvalue weighted by Gasteiger charge is -2.29. The molecule has 0 heterocycles. The third kappa shape index (κ3) is 16.1. The second-order valence-corrected chi connectivity index (χ2v) is 12.2. The van der Waals surface area contributed by atoms with E-state index in [-0.39, 0.29) is 12.0 Å². The van der Waals surface area contributed by atoms with E-state index in [2.05, 4.69) is 91.0 Å². The van der Waals surface area contributed by atoms with E-state index in [1.807, 2.05) is 13.8 Å². The predicted molar refractivity (Wildman–Crippen MR) is 198 cm³/mol. The maximum atomic E-state index is 10.2. The number of carbonyl (C=O) groups is 2. The molecule has 5 aromatic carbocycles. The molecule has 6 nitrogen and oxygen atoms in total. The number of carboxylic acid groups (broad SMARTS) is 2. The number of aromatic carboxylic acids is 2. The van der Waals surface area contributed by atoms with Crippen LogP contribution in [-0.4, -0.2) is 44.1 Å². The largest absolute Gasteiger partial charge is 0.478 e. The Morgan fingerprint density at radius 2 is 0.878 bits per heavy atom. The summed E-state index contributed by atoms with van der Waals surface area (Å²) in [6.45, 7) is 7.20. The number of hydrogen-bond acceptors (Lipinski definition) is 4. The van der Waals surface area contributed by atoms with Gasteiger partial charge in [0.25, 0.3) is 0 Å². The number of aliphatic hydroxyl groups is 2. The van der Waals surface area contributed by atoms with Crippen LogP contribution >= 0.6 is 0 Å². The minimum atomic E-state index is -0.879. The first-order chi connectivity index (χ1) is 23.4. The number of aliphatic hydroxyl groups excluding tert-OH is 1. The van der Waals surface area contributed by atoms with E-state index >= 15 is 0 Å². The zero-order valence-corrected chi connectivity index (χ0v) is 28.9. The molecule has 0 aliphatic rings. The Kier molecular flexibility index (Phi) is 17.8. The van der Waals surface area contributed by atoms with Crippen molar-refractivity contribution >= 4 is 11.9 Å². The first kappa shape index (κ1) is 40.1. The monoisotopic (exact) mass is 662 g/mol. The van der Waals surface area contributed by atoms with Crippen molar-refractivity contribution < 1.29 is 30.0 Å². The lowest BCUT2D eigenvalue weighted by Crippen LogP contribution is -2.36. The van der Waals surface area contributed by atoms with Crippen molar-refractivity contribution in [1.29, 1.82) is 0 Å². The van der Waals surface area contributed by atoms with Crippen molar-refractivity contribution in [3.05, 3.63) is 179 Å². The van der Waals surface area contributed by atoms with Crippen LogP contribution < -0.4 is 0 Å². The zero-order valence-electron chi connectivity index (χ0n) is 28.9. The zero-order chi connectivity index (χ0) is 36.1. The van der Waals surface area contributed by atoms with Gasteiger partial charge in [-0.3, -0.25) is 0 Å². The highest BCUT2D eigenvalue weighted by molar-refractivity contribution is 5.87. The molecule has 0 aliphatic carbocycles. The smallest absolute Gasteiger partial charge is 0.335 e. The van der Waals surface area contributed by atoms with Gasteiger partial charge in [0.15, 0.2) is 0 Å². The van der Waals surface area contributed by atoms with Gasteiger partial charge < -0.3 is 20.4 Å². The van der Waals surface area contributed by atoms with Crippen LogP contribution in [0.3, 0.4) is 0 Å². The molecule has 5 rings (SSSR count). The van der Waals surface area contributed by atoms with Crippen LogP contribution in [0.5, 0.6) is 0 Å². The van der Waals surface area contributed by atoms with Gasteiger partial charge in [0.1, 0.15) is 0 Å². The first-order valence-electron chi connectivity index (χ1n) is 16.5. The van der Waals surface area contributed by atoms with E-state index in [0.717, 1.165) is 12.8 Å². The lowest BCUT2D eigenvalue weighted by atomic mass is 9.87. The molecule has 49 heavy (non-hydrogen) atoms. The summed E-state index contributed by atoms with van der Waals surface area (Å²) in [7, 11) is 0. The third-order valence-electron chi connectivity index (χ3n) is 8.07. The minimum absolute atomic E-state index is 0.0579. The van der Waals surface area contributed by atoms with Gasteiger partial charge in [0.05, 0.1) is 22.8 Å². The Labute approximate surface area is 291 Å². The number of rotatable bonds is 10. The fraction of sp³-hybridized carbons (Fsp3) is 0.256. The van der Waals surface area contributed by atoms with Crippen LogP contribution in [0.15, 0.2) is 152 Å². The van der Waals surface area contributed by atoms with Crippen molar-refractivity contribution in [3.8, 4) is 0 Å². The van der Waals surface area contributed by atoms with Crippen molar-refractivity contribution in [1.82, 2.24) is 0 Å². The van der Waals surface area contributed by atoms with E-state index in [1.54, 1.807) is 74.5 Å². The van der Waals surface area contributed by atoms with Crippen molar-refractivity contribution in [2.45, 2.75) is 64.6 Å². The molecule has 0 aromatic heterocycles. The molecule has 0 bridgehead atoms. The fourth-order valence-electron chi connectivity index (χ4n) is 4.82. The summed E-state index contributed by atoms with van der Waals surface area (Å²) in [6, 6.07) is 49.0. The standard InChI is InChI=1S/C21H20.C8H18O2.2C7H6O2/c1-4-10-18(11-5-1)16-21(20-14-8-3-9-15-20)17-19-12-6-2-7-13-19;1-5-7(9)6(2)8(3,4)10;2*8-7(9)6-4-2-1-3-5-6/h1-15,21H,16-17H2;6-7,9-10H,5H2,1-4H3;2*1-5H,(H,8,9). The SMILES string of the molecule is CCC(O)C(C)C(C)(C)O.O=C(O)c1ccccc1.O=C(O)c1ccccc1.c1ccc(CC(Cc2ccccc2)c2ccccc2)cc1. The summed E-state index contributed by atoms with van der Waals surface area (Å²) in [6.07, 6.45) is 2.48. The van der Waals surface area contributed by atoms with E-state index in [4.69, 9.17) is 10.2 Å². The van der Waals surface area contributed by atoms with Crippen LogP contribution in [0.1, 0.15) is 77.4 Å². The van der Waals surface area contributed by atoms with Crippen LogP contribution in [0.25, 0.3) is 0 Å². The summed E-state index contributed by atoms with van der Waals surface area (Å²) in [5.41, 5.74) is 4.12. The second-order valence-electron chi connectivity index (χ2n) is 12.2. The predicted octanol–water partition coefficient (Wildman–Crippen LogP) is 9.19. The molecule has 4 N–H and O–H groups in total. The van der Waals surface area contributed by atoms with Crippen molar-refractivity contribution in [3.63, 3.8) is 0 Å². The molecule has 6 heteroatoms. The van der Waals surface area contributed by atoms with Crippen molar-refractivity contribution in [2.75, 3.05) is 0 Å². The average Bonchev–Trinajstić information content (AvgIpc) is 3.13. The first-order valence-corrected chi connectivity index (χ1v) is 16.5. The third-order valence-corrected chi connectivity index (χ3v) is 8.07. The van der Waals surface area contributed by atoms with Gasteiger partial charge >= 0.3 is 11.9 Å². The Morgan fingerprint density at radius 1 is 0.571 bits per heavy atom. The van der Waals surface area contributed by atoms with Gasteiger partial charge in [0.2, 0.25) is 0 Å². The Morgan fingerprint density at radius 3 is 1.12 bits per heavy atom. The fourth-order valence-corrected chi connectivity index (χ4v) is 4.82. The van der Waals surface area contributed by atoms with Crippen LogP contribution in [-0.2, 0) is 12.8 Å². The van der Waals surface area contributed by atoms with Gasteiger partial charge in [-0.05, 0) is 80.0 Å². The highest BCUT2D eigenvalue weighted by atomic mass is 16.4. The summed E-state index contributed by atoms with van der Waals surface area (Å²) in [5.74, 6) is -1.29. The van der Waals surface area contributed by atoms with E-state index < -0.39 is 17.5 Å². The summed E-state index contributed by atoms with van der Waals surface area (Å²) < 4.78 is 0. The molecule has 0 aliphatic heterocycles. The number of carboxylic acids is 2. The van der Waals surface area contributed by atoms with E-state index in [0.29, 0.717) is 23.5 Å². The maximum Gasteiger partial charge on any atom is 0.335 e. The molecule has 0 radical (unpaired) electrons. The molecular formula is C43H50O6. The van der Waals surface area contributed by atoms with Gasteiger partial charge in [-0.1, -0.05) is 141 Å². The van der Waals surface area contributed by atoms with E-state index in [1.165, 1.54) is 16.7 Å². The Bertz CT molecular complexity index is 1500. The molecule has 0 saturated carbocycles. The minimum Gasteiger partial charge on any atom is -0.478 e. The Hall–Kier alpha value is -5.04. The van der Waals surface area contributed by atoms with Gasteiger partial charge in [0, 0.05) is 5.92 Å².